The molecule has 0 aromatic heterocycles. The highest BCUT2D eigenvalue weighted by atomic mass is 15.3. The Balaban J connectivity index is 1.49. The monoisotopic (exact) mass is 277 g/mol. The van der Waals surface area contributed by atoms with Gasteiger partial charge in [0.05, 0.1) is 0 Å². The summed E-state index contributed by atoms with van der Waals surface area (Å²) in [4.78, 5) is 8.08. The lowest BCUT2D eigenvalue weighted by molar-refractivity contribution is 0.0894. The molecule has 4 aliphatic rings. The van der Waals surface area contributed by atoms with E-state index in [0.29, 0.717) is 0 Å². The largest absolute Gasteiger partial charge is 0.302 e. The maximum Gasteiger partial charge on any atom is 0.0280 e. The Morgan fingerprint density at radius 1 is 0.850 bits per heavy atom. The molecule has 0 aromatic carbocycles. The summed E-state index contributed by atoms with van der Waals surface area (Å²) < 4.78 is 0. The number of rotatable bonds is 2. The Morgan fingerprint density at radius 3 is 2.10 bits per heavy atom. The molecule has 7 atom stereocenters. The zero-order valence-electron chi connectivity index (χ0n) is 13.6. The van der Waals surface area contributed by atoms with Crippen molar-refractivity contribution < 1.29 is 0 Å². The highest BCUT2D eigenvalue weighted by Crippen LogP contribution is 2.52. The molecule has 1 aliphatic carbocycles. The summed E-state index contributed by atoms with van der Waals surface area (Å²) in [7, 11) is 7.13. The molecule has 7 unspecified atom stereocenters. The Morgan fingerprint density at radius 2 is 1.55 bits per heavy atom. The Bertz CT molecular complexity index is 354. The fraction of sp³-hybridized carbons (Fsp3) is 1.00. The van der Waals surface area contributed by atoms with Crippen molar-refractivity contribution in [2.45, 2.75) is 56.8 Å². The molecule has 3 aliphatic heterocycles. The van der Waals surface area contributed by atoms with Crippen molar-refractivity contribution in [1.82, 2.24) is 14.7 Å². The van der Waals surface area contributed by atoms with Gasteiger partial charge in [0, 0.05) is 30.7 Å². The highest BCUT2D eigenvalue weighted by molar-refractivity contribution is 5.11. The van der Waals surface area contributed by atoms with Gasteiger partial charge in [-0.2, -0.15) is 0 Å². The molecule has 0 N–H and O–H groups in total. The van der Waals surface area contributed by atoms with Crippen molar-refractivity contribution in [3.05, 3.63) is 0 Å². The highest BCUT2D eigenvalue weighted by Gasteiger charge is 2.56. The van der Waals surface area contributed by atoms with Gasteiger partial charge in [0.1, 0.15) is 0 Å². The molecule has 0 aromatic rings. The zero-order chi connectivity index (χ0) is 14.0. The normalized spacial score (nSPS) is 53.7. The first-order chi connectivity index (χ1) is 9.58. The first-order valence-corrected chi connectivity index (χ1v) is 8.70. The van der Waals surface area contributed by atoms with Crippen molar-refractivity contribution >= 4 is 0 Å². The Hall–Kier alpha value is -0.120. The molecule has 114 valence electrons. The van der Waals surface area contributed by atoms with Crippen LogP contribution >= 0.6 is 0 Å². The van der Waals surface area contributed by atoms with Crippen LogP contribution in [0.15, 0.2) is 0 Å². The van der Waals surface area contributed by atoms with Gasteiger partial charge in [-0.15, -0.1) is 0 Å². The Kier molecular flexibility index (Phi) is 3.17. The fourth-order valence-corrected chi connectivity index (χ4v) is 5.95. The van der Waals surface area contributed by atoms with E-state index in [1.165, 1.54) is 38.8 Å². The summed E-state index contributed by atoms with van der Waals surface area (Å²) in [5, 5.41) is 0. The van der Waals surface area contributed by atoms with Crippen LogP contribution < -0.4 is 0 Å². The number of likely N-dealkylation sites (tertiary alicyclic amines) is 3. The van der Waals surface area contributed by atoms with Crippen LogP contribution in [-0.2, 0) is 0 Å². The quantitative estimate of drug-likeness (QED) is 0.761. The van der Waals surface area contributed by atoms with E-state index in [1.54, 1.807) is 0 Å². The maximum atomic E-state index is 2.78. The molecular weight excluding hydrogens is 246 g/mol. The number of hydrogen-bond donors (Lipinski definition) is 0. The average molecular weight is 277 g/mol. The van der Waals surface area contributed by atoms with Crippen molar-refractivity contribution in [1.29, 1.82) is 0 Å². The van der Waals surface area contributed by atoms with Crippen molar-refractivity contribution in [2.75, 3.05) is 34.2 Å². The molecule has 0 bridgehead atoms. The summed E-state index contributed by atoms with van der Waals surface area (Å²) in [6, 6.07) is 3.28. The number of piperidine rings is 1. The molecule has 3 nitrogen and oxygen atoms in total. The topological polar surface area (TPSA) is 9.72 Å². The third-order valence-corrected chi connectivity index (χ3v) is 7.07. The van der Waals surface area contributed by atoms with E-state index in [1.807, 2.05) is 0 Å². The van der Waals surface area contributed by atoms with Gasteiger partial charge in [-0.05, 0) is 71.1 Å². The summed E-state index contributed by atoms with van der Waals surface area (Å²) in [5.74, 6) is 2.96. The predicted molar refractivity (Wildman–Crippen MR) is 82.8 cm³/mol. The minimum absolute atomic E-state index is 0.798. The van der Waals surface area contributed by atoms with Gasteiger partial charge >= 0.3 is 0 Å². The van der Waals surface area contributed by atoms with E-state index >= 15 is 0 Å². The standard InChI is InChI=1S/C17H31N3/c1-11-7-8-18(2)16(11)14-5-6-15(20(14)4)17-13-9-12(13)10-19(17)3/h11-17H,5-10H2,1-4H3. The summed E-state index contributed by atoms with van der Waals surface area (Å²) in [6.45, 7) is 5.13. The van der Waals surface area contributed by atoms with E-state index < -0.39 is 0 Å². The van der Waals surface area contributed by atoms with Crippen LogP contribution in [0.4, 0.5) is 0 Å². The van der Waals surface area contributed by atoms with Gasteiger partial charge in [0.15, 0.2) is 0 Å². The van der Waals surface area contributed by atoms with E-state index in [4.69, 9.17) is 0 Å². The molecule has 20 heavy (non-hydrogen) atoms. The molecule has 3 saturated heterocycles. The molecule has 1 saturated carbocycles. The molecule has 0 spiro atoms. The minimum Gasteiger partial charge on any atom is -0.302 e. The first kappa shape index (κ1) is 13.5. The third kappa shape index (κ3) is 1.89. The van der Waals surface area contributed by atoms with Crippen LogP contribution in [0.25, 0.3) is 0 Å². The zero-order valence-corrected chi connectivity index (χ0v) is 13.6. The SMILES string of the molecule is CC1CCN(C)C1C1CCC(C2C3CC3CN2C)N1C. The lowest BCUT2D eigenvalue weighted by Gasteiger charge is -2.39. The molecule has 4 rings (SSSR count). The van der Waals surface area contributed by atoms with Gasteiger partial charge in [0.2, 0.25) is 0 Å². The number of hydrogen-bond acceptors (Lipinski definition) is 3. The second-order valence-electron chi connectivity index (χ2n) is 8.20. The van der Waals surface area contributed by atoms with Gasteiger partial charge in [-0.3, -0.25) is 4.90 Å². The molecule has 4 fully saturated rings. The molecule has 3 heteroatoms. The lowest BCUT2D eigenvalue weighted by Crippen LogP contribution is -2.52. The van der Waals surface area contributed by atoms with E-state index in [0.717, 1.165) is 41.9 Å². The molecular formula is C17H31N3. The molecule has 3 heterocycles. The van der Waals surface area contributed by atoms with E-state index in [-0.39, 0.29) is 0 Å². The van der Waals surface area contributed by atoms with Gasteiger partial charge in [-0.1, -0.05) is 6.92 Å². The van der Waals surface area contributed by atoms with Gasteiger partial charge in [-0.25, -0.2) is 0 Å². The van der Waals surface area contributed by atoms with E-state index in [9.17, 15) is 0 Å². The smallest absolute Gasteiger partial charge is 0.0280 e. The number of likely N-dealkylation sites (N-methyl/N-ethyl adjacent to an activating group) is 3. The van der Waals surface area contributed by atoms with Crippen LogP contribution in [0.3, 0.4) is 0 Å². The molecule has 0 radical (unpaired) electrons. The van der Waals surface area contributed by atoms with Gasteiger partial charge in [0.25, 0.3) is 0 Å². The van der Waals surface area contributed by atoms with Crippen LogP contribution in [0, 0.1) is 17.8 Å². The molecule has 0 amide bonds. The Labute approximate surface area is 124 Å². The summed E-state index contributed by atoms with van der Waals surface area (Å²) >= 11 is 0. The van der Waals surface area contributed by atoms with Crippen molar-refractivity contribution in [2.24, 2.45) is 17.8 Å². The van der Waals surface area contributed by atoms with Gasteiger partial charge < -0.3 is 9.80 Å². The summed E-state index contributed by atoms with van der Waals surface area (Å²) in [5.41, 5.74) is 0. The number of nitrogens with zero attached hydrogens (tertiary/aromatic N) is 3. The van der Waals surface area contributed by atoms with Crippen molar-refractivity contribution in [3.8, 4) is 0 Å². The summed E-state index contributed by atoms with van der Waals surface area (Å²) in [6.07, 6.45) is 5.76. The van der Waals surface area contributed by atoms with Crippen LogP contribution in [0.2, 0.25) is 0 Å². The first-order valence-electron chi connectivity index (χ1n) is 8.70. The van der Waals surface area contributed by atoms with Crippen LogP contribution in [0.1, 0.15) is 32.6 Å². The second-order valence-corrected chi connectivity index (χ2v) is 8.20. The minimum atomic E-state index is 0.798. The van der Waals surface area contributed by atoms with Crippen LogP contribution in [-0.4, -0.2) is 73.1 Å². The fourth-order valence-electron chi connectivity index (χ4n) is 5.95. The van der Waals surface area contributed by atoms with Crippen LogP contribution in [0.5, 0.6) is 0 Å². The average Bonchev–Trinajstić information content (AvgIpc) is 2.77. The second kappa shape index (κ2) is 4.69. The van der Waals surface area contributed by atoms with Crippen molar-refractivity contribution in [3.63, 3.8) is 0 Å². The lowest BCUT2D eigenvalue weighted by atomic mass is 9.94. The van der Waals surface area contributed by atoms with E-state index in [2.05, 4.69) is 42.8 Å². The number of fused-ring (bicyclic) bond motifs is 1. The maximum absolute atomic E-state index is 2.78. The third-order valence-electron chi connectivity index (χ3n) is 7.07. The predicted octanol–water partition coefficient (Wildman–Crippen LogP) is 1.74.